The molecular formula is C23H24N2O3S. The number of hydrogen-bond acceptors (Lipinski definition) is 3. The second-order valence-electron chi connectivity index (χ2n) is 6.95. The third-order valence-electron chi connectivity index (χ3n) is 4.55. The van der Waals surface area contributed by atoms with Crippen LogP contribution in [0.3, 0.4) is 0 Å². The van der Waals surface area contributed by atoms with Gasteiger partial charge in [0, 0.05) is 17.8 Å². The molecule has 6 heteroatoms. The molecule has 3 aromatic rings. The van der Waals surface area contributed by atoms with Gasteiger partial charge in [0.25, 0.3) is 15.9 Å². The van der Waals surface area contributed by atoms with Crippen molar-refractivity contribution in [2.75, 3.05) is 11.3 Å². The molecule has 0 aliphatic carbocycles. The first-order valence-corrected chi connectivity index (χ1v) is 10.9. The van der Waals surface area contributed by atoms with Crippen LogP contribution in [0.4, 0.5) is 5.69 Å². The normalized spacial score (nSPS) is 11.1. The maximum atomic E-state index is 12.9. The van der Waals surface area contributed by atoms with Crippen LogP contribution in [0.2, 0.25) is 0 Å². The quantitative estimate of drug-likeness (QED) is 0.619. The number of carbonyl (C=O) groups excluding carboxylic acids is 1. The highest BCUT2D eigenvalue weighted by Gasteiger charge is 2.19. The average molecular weight is 409 g/mol. The maximum absolute atomic E-state index is 12.9. The fourth-order valence-corrected chi connectivity index (χ4v) is 4.34. The summed E-state index contributed by atoms with van der Waals surface area (Å²) in [6.07, 6.45) is 0.707. The van der Waals surface area contributed by atoms with Crippen molar-refractivity contribution in [2.24, 2.45) is 0 Å². The lowest BCUT2D eigenvalue weighted by molar-refractivity contribution is 0.0954. The van der Waals surface area contributed by atoms with Crippen molar-refractivity contribution in [1.29, 1.82) is 0 Å². The molecule has 150 valence electrons. The minimum Gasteiger partial charge on any atom is -0.352 e. The predicted octanol–water partition coefficient (Wildman–Crippen LogP) is 4.08. The average Bonchev–Trinajstić information content (AvgIpc) is 2.68. The number of sulfonamides is 1. The SMILES string of the molecule is Cc1cccc(NS(=O)(=O)c2cc(C(=O)NCCc3ccccc3)ccc2C)c1. The lowest BCUT2D eigenvalue weighted by Gasteiger charge is -2.13. The van der Waals surface area contributed by atoms with Crippen LogP contribution in [0.15, 0.2) is 77.7 Å². The van der Waals surface area contributed by atoms with Crippen LogP contribution in [0.5, 0.6) is 0 Å². The summed E-state index contributed by atoms with van der Waals surface area (Å²) in [7, 11) is -3.81. The molecule has 0 aromatic heterocycles. The van der Waals surface area contributed by atoms with Crippen LogP contribution in [0.25, 0.3) is 0 Å². The van der Waals surface area contributed by atoms with Crippen LogP contribution < -0.4 is 10.0 Å². The number of rotatable bonds is 7. The monoisotopic (exact) mass is 408 g/mol. The van der Waals surface area contributed by atoms with Gasteiger partial charge in [-0.2, -0.15) is 0 Å². The summed E-state index contributed by atoms with van der Waals surface area (Å²) in [5.74, 6) is -0.298. The Hall–Kier alpha value is -3.12. The summed E-state index contributed by atoms with van der Waals surface area (Å²) in [6.45, 7) is 4.08. The van der Waals surface area contributed by atoms with Gasteiger partial charge in [-0.3, -0.25) is 9.52 Å². The Bertz CT molecular complexity index is 1110. The molecule has 0 radical (unpaired) electrons. The zero-order chi connectivity index (χ0) is 20.9. The largest absolute Gasteiger partial charge is 0.352 e. The minimum absolute atomic E-state index is 0.0923. The highest BCUT2D eigenvalue weighted by Crippen LogP contribution is 2.21. The van der Waals surface area contributed by atoms with Crippen LogP contribution in [0, 0.1) is 13.8 Å². The number of carbonyl (C=O) groups is 1. The van der Waals surface area contributed by atoms with E-state index < -0.39 is 10.0 Å². The van der Waals surface area contributed by atoms with Crippen molar-refractivity contribution >= 4 is 21.6 Å². The molecule has 0 bridgehead atoms. The molecule has 0 unspecified atom stereocenters. The van der Waals surface area contributed by atoms with E-state index in [9.17, 15) is 13.2 Å². The maximum Gasteiger partial charge on any atom is 0.262 e. The molecule has 0 heterocycles. The second kappa shape index (κ2) is 8.92. The van der Waals surface area contributed by atoms with E-state index in [1.54, 1.807) is 37.3 Å². The van der Waals surface area contributed by atoms with E-state index in [2.05, 4.69) is 10.0 Å². The molecule has 0 aliphatic rings. The zero-order valence-electron chi connectivity index (χ0n) is 16.5. The first-order valence-electron chi connectivity index (χ1n) is 9.37. The number of benzene rings is 3. The van der Waals surface area contributed by atoms with Gasteiger partial charge in [0.15, 0.2) is 0 Å². The number of anilines is 1. The smallest absolute Gasteiger partial charge is 0.262 e. The molecule has 0 saturated heterocycles. The lowest BCUT2D eigenvalue weighted by atomic mass is 10.1. The summed E-state index contributed by atoms with van der Waals surface area (Å²) in [6, 6.07) is 21.7. The van der Waals surface area contributed by atoms with Crippen LogP contribution in [-0.2, 0) is 16.4 Å². The summed E-state index contributed by atoms with van der Waals surface area (Å²) >= 11 is 0. The lowest BCUT2D eigenvalue weighted by Crippen LogP contribution is -2.26. The second-order valence-corrected chi connectivity index (χ2v) is 8.60. The molecule has 5 nitrogen and oxygen atoms in total. The predicted molar refractivity (Wildman–Crippen MR) is 116 cm³/mol. The Balaban J connectivity index is 1.73. The third-order valence-corrected chi connectivity index (χ3v) is 6.08. The standard InChI is InChI=1S/C23H24N2O3S/c1-17-7-6-10-21(15-17)25-29(27,28)22-16-20(12-11-18(22)2)23(26)24-14-13-19-8-4-3-5-9-19/h3-12,15-16,25H,13-14H2,1-2H3,(H,24,26). The van der Waals surface area contributed by atoms with E-state index >= 15 is 0 Å². The molecule has 0 fully saturated rings. The molecule has 3 rings (SSSR count). The van der Waals surface area contributed by atoms with Crippen molar-refractivity contribution in [3.63, 3.8) is 0 Å². The zero-order valence-corrected chi connectivity index (χ0v) is 17.3. The highest BCUT2D eigenvalue weighted by atomic mass is 32.2. The Labute approximate surface area is 171 Å². The minimum atomic E-state index is -3.81. The van der Waals surface area contributed by atoms with Gasteiger partial charge in [-0.05, 0) is 61.2 Å². The summed E-state index contributed by atoms with van der Waals surface area (Å²) in [5.41, 5.74) is 3.46. The molecule has 29 heavy (non-hydrogen) atoms. The Morgan fingerprint density at radius 3 is 2.38 bits per heavy atom. The van der Waals surface area contributed by atoms with Crippen molar-refractivity contribution in [1.82, 2.24) is 5.32 Å². The van der Waals surface area contributed by atoms with Gasteiger partial charge in [-0.15, -0.1) is 0 Å². The Kier molecular flexibility index (Phi) is 6.34. The molecule has 3 aromatic carbocycles. The fourth-order valence-electron chi connectivity index (χ4n) is 3.02. The van der Waals surface area contributed by atoms with Gasteiger partial charge in [0.05, 0.1) is 4.90 Å². The van der Waals surface area contributed by atoms with Crippen LogP contribution in [0.1, 0.15) is 27.0 Å². The summed E-state index contributed by atoms with van der Waals surface area (Å²) in [4.78, 5) is 12.6. The molecule has 0 aliphatic heterocycles. The highest BCUT2D eigenvalue weighted by molar-refractivity contribution is 7.92. The Morgan fingerprint density at radius 2 is 1.66 bits per heavy atom. The fraction of sp³-hybridized carbons (Fsp3) is 0.174. The van der Waals surface area contributed by atoms with Gasteiger partial charge in [0.2, 0.25) is 0 Å². The van der Waals surface area contributed by atoms with Gasteiger partial charge in [-0.1, -0.05) is 48.5 Å². The number of amides is 1. The number of nitrogens with one attached hydrogen (secondary N) is 2. The van der Waals surface area contributed by atoms with Gasteiger partial charge >= 0.3 is 0 Å². The van der Waals surface area contributed by atoms with Gasteiger partial charge < -0.3 is 5.32 Å². The van der Waals surface area contributed by atoms with E-state index in [0.717, 1.165) is 11.1 Å². The third kappa shape index (κ3) is 5.45. The Morgan fingerprint density at radius 1 is 0.897 bits per heavy atom. The van der Waals surface area contributed by atoms with Crippen LogP contribution in [-0.4, -0.2) is 20.9 Å². The first kappa shape index (κ1) is 20.6. The molecule has 0 saturated carbocycles. The van der Waals surface area contributed by atoms with E-state index in [1.165, 1.54) is 6.07 Å². The van der Waals surface area contributed by atoms with E-state index in [-0.39, 0.29) is 10.8 Å². The molecule has 2 N–H and O–H groups in total. The molecule has 0 atom stereocenters. The van der Waals surface area contributed by atoms with E-state index in [0.29, 0.717) is 29.8 Å². The molecule has 1 amide bonds. The van der Waals surface area contributed by atoms with E-state index in [4.69, 9.17) is 0 Å². The first-order chi connectivity index (χ1) is 13.8. The molecular weight excluding hydrogens is 384 g/mol. The van der Waals surface area contributed by atoms with Crippen molar-refractivity contribution < 1.29 is 13.2 Å². The summed E-state index contributed by atoms with van der Waals surface area (Å²) in [5, 5.41) is 2.85. The van der Waals surface area contributed by atoms with Crippen LogP contribution >= 0.6 is 0 Å². The number of hydrogen-bond donors (Lipinski definition) is 2. The van der Waals surface area contributed by atoms with Gasteiger partial charge in [0.1, 0.15) is 0 Å². The van der Waals surface area contributed by atoms with Crippen molar-refractivity contribution in [3.05, 3.63) is 95.1 Å². The van der Waals surface area contributed by atoms with E-state index in [1.807, 2.05) is 43.3 Å². The van der Waals surface area contributed by atoms with Gasteiger partial charge in [-0.25, -0.2) is 8.42 Å². The van der Waals surface area contributed by atoms with Crippen molar-refractivity contribution in [2.45, 2.75) is 25.2 Å². The summed E-state index contributed by atoms with van der Waals surface area (Å²) < 4.78 is 28.3. The molecule has 0 spiro atoms. The topological polar surface area (TPSA) is 75.3 Å². The number of aryl methyl sites for hydroxylation is 2. The van der Waals surface area contributed by atoms with Crippen molar-refractivity contribution in [3.8, 4) is 0 Å².